The Labute approximate surface area is 149 Å². The van der Waals surface area contributed by atoms with Crippen LogP contribution in [0.3, 0.4) is 0 Å². The maximum atomic E-state index is 12.6. The third-order valence-corrected chi connectivity index (χ3v) is 5.59. The molecule has 0 bridgehead atoms. The van der Waals surface area contributed by atoms with Crippen molar-refractivity contribution < 1.29 is 14.7 Å². The Morgan fingerprint density at radius 1 is 1.08 bits per heavy atom. The van der Waals surface area contributed by atoms with Crippen molar-refractivity contribution in [2.45, 2.75) is 57.0 Å². The minimum absolute atomic E-state index is 0.0277. The quantitative estimate of drug-likeness (QED) is 0.832. The number of nitrogens with one attached hydrogen (secondary N) is 1. The Morgan fingerprint density at radius 3 is 2.48 bits per heavy atom. The number of amides is 1. The summed E-state index contributed by atoms with van der Waals surface area (Å²) >= 11 is 0. The highest BCUT2D eigenvalue weighted by Gasteiger charge is 2.33. The Morgan fingerprint density at radius 2 is 1.80 bits per heavy atom. The highest BCUT2D eigenvalue weighted by atomic mass is 16.4. The van der Waals surface area contributed by atoms with Crippen LogP contribution < -0.4 is 5.32 Å². The van der Waals surface area contributed by atoms with Crippen LogP contribution in [0.4, 0.5) is 0 Å². The van der Waals surface area contributed by atoms with Crippen LogP contribution >= 0.6 is 0 Å². The molecule has 5 heteroatoms. The summed E-state index contributed by atoms with van der Waals surface area (Å²) in [6.07, 6.45) is 7.47. The number of nitrogens with zero attached hydrogens (tertiary/aromatic N) is 1. The molecule has 1 unspecified atom stereocenters. The molecule has 1 amide bonds. The molecule has 1 heterocycles. The van der Waals surface area contributed by atoms with Gasteiger partial charge in [0.2, 0.25) is 5.91 Å². The first-order valence-electron chi connectivity index (χ1n) is 9.46. The molecule has 0 spiro atoms. The molecule has 5 nitrogen and oxygen atoms in total. The number of carbonyl (C=O) groups is 2. The lowest BCUT2D eigenvalue weighted by molar-refractivity contribution is -0.142. The third-order valence-electron chi connectivity index (χ3n) is 5.59. The summed E-state index contributed by atoms with van der Waals surface area (Å²) in [6.45, 7) is 0.858. The van der Waals surface area contributed by atoms with Gasteiger partial charge in [0.25, 0.3) is 0 Å². The van der Waals surface area contributed by atoms with Crippen molar-refractivity contribution in [1.82, 2.24) is 10.2 Å². The number of aliphatic carboxylic acids is 1. The van der Waals surface area contributed by atoms with E-state index in [0.717, 1.165) is 24.8 Å². The van der Waals surface area contributed by atoms with Crippen LogP contribution in [-0.2, 0) is 9.59 Å². The topological polar surface area (TPSA) is 69.6 Å². The maximum absolute atomic E-state index is 12.6. The molecule has 0 aromatic heterocycles. The summed E-state index contributed by atoms with van der Waals surface area (Å²) in [5.74, 6) is -0.418. The average Bonchev–Trinajstić information content (AvgIpc) is 3.09. The molecule has 1 saturated carbocycles. The number of carbonyl (C=O) groups excluding carboxylic acids is 1. The van der Waals surface area contributed by atoms with Crippen LogP contribution in [0.2, 0.25) is 0 Å². The van der Waals surface area contributed by atoms with Crippen LogP contribution in [-0.4, -0.2) is 41.0 Å². The summed E-state index contributed by atoms with van der Waals surface area (Å²) in [5, 5.41) is 12.5. The third kappa shape index (κ3) is 4.60. The standard InChI is InChI=1S/C20H28N2O3/c23-18(14-22-13-7-12-17(22)20(24)25)21-19(15-8-3-1-4-9-15)16-10-5-2-6-11-16/h1,3-4,8-9,16-17,19H,2,5-7,10-14H2,(H,21,23)(H,24,25)/t17-,19?/m0/s1. The molecule has 1 aliphatic carbocycles. The number of carboxylic acid groups (broad SMARTS) is 1. The Bertz CT molecular complexity index is 584. The minimum Gasteiger partial charge on any atom is -0.480 e. The van der Waals surface area contributed by atoms with E-state index in [2.05, 4.69) is 17.4 Å². The zero-order valence-corrected chi connectivity index (χ0v) is 14.7. The smallest absolute Gasteiger partial charge is 0.320 e. The predicted molar refractivity (Wildman–Crippen MR) is 96.1 cm³/mol. The summed E-state index contributed by atoms with van der Waals surface area (Å²) in [5.41, 5.74) is 1.15. The zero-order chi connectivity index (χ0) is 17.6. The van der Waals surface area contributed by atoms with Gasteiger partial charge in [-0.1, -0.05) is 49.6 Å². The highest BCUT2D eigenvalue weighted by molar-refractivity contribution is 5.80. The lowest BCUT2D eigenvalue weighted by atomic mass is 9.81. The highest BCUT2D eigenvalue weighted by Crippen LogP contribution is 2.34. The van der Waals surface area contributed by atoms with Crippen LogP contribution in [0.1, 0.15) is 56.6 Å². The molecule has 25 heavy (non-hydrogen) atoms. The van der Waals surface area contributed by atoms with E-state index < -0.39 is 12.0 Å². The molecule has 2 atom stereocenters. The number of hydrogen-bond acceptors (Lipinski definition) is 3. The van der Waals surface area contributed by atoms with E-state index >= 15 is 0 Å². The van der Waals surface area contributed by atoms with Gasteiger partial charge in [-0.2, -0.15) is 0 Å². The lowest BCUT2D eigenvalue weighted by Gasteiger charge is -2.32. The monoisotopic (exact) mass is 344 g/mol. The fourth-order valence-corrected chi connectivity index (χ4v) is 4.30. The summed E-state index contributed by atoms with van der Waals surface area (Å²) < 4.78 is 0. The molecule has 0 radical (unpaired) electrons. The van der Waals surface area contributed by atoms with Gasteiger partial charge in [0.15, 0.2) is 0 Å². The molecule has 1 aromatic carbocycles. The molecule has 1 aliphatic heterocycles. The number of hydrogen-bond donors (Lipinski definition) is 2. The second-order valence-electron chi connectivity index (χ2n) is 7.32. The van der Waals surface area contributed by atoms with Crippen LogP contribution in [0.15, 0.2) is 30.3 Å². The number of benzene rings is 1. The average molecular weight is 344 g/mol. The molecule has 1 saturated heterocycles. The van der Waals surface area contributed by atoms with E-state index in [-0.39, 0.29) is 18.5 Å². The second kappa shape index (κ2) is 8.48. The van der Waals surface area contributed by atoms with Crippen molar-refractivity contribution in [2.24, 2.45) is 5.92 Å². The van der Waals surface area contributed by atoms with E-state index in [9.17, 15) is 14.7 Å². The molecular weight excluding hydrogens is 316 g/mol. The van der Waals surface area contributed by atoms with Crippen molar-refractivity contribution in [2.75, 3.05) is 13.1 Å². The minimum atomic E-state index is -0.822. The van der Waals surface area contributed by atoms with E-state index in [1.807, 2.05) is 18.2 Å². The fraction of sp³-hybridized carbons (Fsp3) is 0.600. The van der Waals surface area contributed by atoms with E-state index in [4.69, 9.17) is 0 Å². The van der Waals surface area contributed by atoms with Crippen molar-refractivity contribution in [3.63, 3.8) is 0 Å². The molecular formula is C20H28N2O3. The Hall–Kier alpha value is -1.88. The maximum Gasteiger partial charge on any atom is 0.320 e. The lowest BCUT2D eigenvalue weighted by Crippen LogP contribution is -2.45. The molecule has 2 N–H and O–H groups in total. The predicted octanol–water partition coefficient (Wildman–Crippen LogP) is 2.97. The summed E-state index contributed by atoms with van der Waals surface area (Å²) in [4.78, 5) is 25.8. The molecule has 2 aliphatic rings. The number of rotatable bonds is 6. The summed E-state index contributed by atoms with van der Waals surface area (Å²) in [7, 11) is 0. The summed E-state index contributed by atoms with van der Waals surface area (Å²) in [6, 6.07) is 9.68. The van der Waals surface area contributed by atoms with Crippen molar-refractivity contribution >= 4 is 11.9 Å². The van der Waals surface area contributed by atoms with Gasteiger partial charge in [-0.3, -0.25) is 14.5 Å². The van der Waals surface area contributed by atoms with Gasteiger partial charge in [-0.05, 0) is 43.7 Å². The molecule has 136 valence electrons. The molecule has 2 fully saturated rings. The van der Waals surface area contributed by atoms with E-state index in [0.29, 0.717) is 18.9 Å². The first-order valence-corrected chi connectivity index (χ1v) is 9.46. The van der Waals surface area contributed by atoms with Crippen LogP contribution in [0.25, 0.3) is 0 Å². The van der Waals surface area contributed by atoms with Gasteiger partial charge in [-0.15, -0.1) is 0 Å². The Balaban J connectivity index is 1.67. The van der Waals surface area contributed by atoms with Crippen molar-refractivity contribution in [3.8, 4) is 0 Å². The van der Waals surface area contributed by atoms with Gasteiger partial charge in [0.1, 0.15) is 6.04 Å². The van der Waals surface area contributed by atoms with Gasteiger partial charge in [-0.25, -0.2) is 0 Å². The van der Waals surface area contributed by atoms with E-state index in [1.165, 1.54) is 19.3 Å². The van der Waals surface area contributed by atoms with Crippen molar-refractivity contribution in [3.05, 3.63) is 35.9 Å². The molecule has 3 rings (SSSR count). The van der Waals surface area contributed by atoms with Gasteiger partial charge in [0, 0.05) is 0 Å². The SMILES string of the molecule is O=C(CN1CCC[C@H]1C(=O)O)NC(c1ccccc1)C1CCCCC1. The first-order chi connectivity index (χ1) is 12.1. The fourth-order valence-electron chi connectivity index (χ4n) is 4.30. The zero-order valence-electron chi connectivity index (χ0n) is 14.7. The van der Waals surface area contributed by atoms with E-state index in [1.54, 1.807) is 4.90 Å². The molecule has 1 aromatic rings. The largest absolute Gasteiger partial charge is 0.480 e. The number of carboxylic acids is 1. The first kappa shape index (κ1) is 17.9. The normalized spacial score (nSPS) is 23.3. The van der Waals surface area contributed by atoms with Crippen LogP contribution in [0.5, 0.6) is 0 Å². The number of likely N-dealkylation sites (tertiary alicyclic amines) is 1. The van der Waals surface area contributed by atoms with Crippen LogP contribution in [0, 0.1) is 5.92 Å². The van der Waals surface area contributed by atoms with Gasteiger partial charge in [0.05, 0.1) is 12.6 Å². The second-order valence-corrected chi connectivity index (χ2v) is 7.32. The van der Waals surface area contributed by atoms with Gasteiger partial charge < -0.3 is 10.4 Å². The van der Waals surface area contributed by atoms with Crippen molar-refractivity contribution in [1.29, 1.82) is 0 Å². The Kier molecular flexibility index (Phi) is 6.08. The van der Waals surface area contributed by atoms with Gasteiger partial charge >= 0.3 is 5.97 Å².